The Labute approximate surface area is 145 Å². The minimum atomic E-state index is -0.0747. The van der Waals surface area contributed by atoms with Gasteiger partial charge in [0.25, 0.3) is 0 Å². The molecule has 6 nitrogen and oxygen atoms in total. The van der Waals surface area contributed by atoms with Gasteiger partial charge in [-0.15, -0.1) is 0 Å². The Morgan fingerprint density at radius 1 is 1.42 bits per heavy atom. The molecule has 1 aromatic heterocycles. The molecule has 1 N–H and O–H groups in total. The molecule has 0 saturated heterocycles. The van der Waals surface area contributed by atoms with Crippen molar-refractivity contribution in [1.29, 1.82) is 5.26 Å². The zero-order valence-corrected chi connectivity index (χ0v) is 14.1. The smallest absolute Gasteiger partial charge is 0.224 e. The third-order valence-electron chi connectivity index (χ3n) is 4.09. The predicted octanol–water partition coefficient (Wildman–Crippen LogP) is 3.30. The summed E-state index contributed by atoms with van der Waals surface area (Å²) in [5.74, 6) is 0.583. The molecule has 122 valence electrons. The van der Waals surface area contributed by atoms with Gasteiger partial charge in [0.2, 0.25) is 5.91 Å². The molecule has 24 heavy (non-hydrogen) atoms. The molecule has 0 unspecified atom stereocenters. The first kappa shape index (κ1) is 16.2. The number of benzene rings is 1. The molecule has 0 bridgehead atoms. The Bertz CT molecular complexity index is 815. The number of nitrogens with one attached hydrogen (secondary N) is 1. The number of carbonyl (C=O) groups is 1. The Morgan fingerprint density at radius 3 is 2.83 bits per heavy atom. The Morgan fingerprint density at radius 2 is 2.21 bits per heavy atom. The molecule has 1 aromatic carbocycles. The standard InChI is InChI=1S/C17H16ClN5O/c1-10-5-14(22-17-9-20-16(18)8-21-17)13-6-12(7-19)3-4-15(13)23(10)11(2)24/h3-4,6,8-10,14H,5H2,1-2H3,(H,21,22)/t10-,14+/m0/s1. The van der Waals surface area contributed by atoms with E-state index in [1.807, 2.05) is 19.1 Å². The van der Waals surface area contributed by atoms with Gasteiger partial charge in [0, 0.05) is 18.7 Å². The van der Waals surface area contributed by atoms with E-state index in [9.17, 15) is 10.1 Å². The number of nitriles is 1. The van der Waals surface area contributed by atoms with E-state index in [2.05, 4.69) is 21.4 Å². The molecule has 0 saturated carbocycles. The van der Waals surface area contributed by atoms with E-state index in [1.165, 1.54) is 6.20 Å². The Balaban J connectivity index is 2.01. The van der Waals surface area contributed by atoms with Crippen molar-refractivity contribution in [3.63, 3.8) is 0 Å². The zero-order valence-electron chi connectivity index (χ0n) is 13.3. The van der Waals surface area contributed by atoms with E-state index in [0.29, 0.717) is 23.0 Å². The normalized spacial score (nSPS) is 19.3. The first-order chi connectivity index (χ1) is 11.5. The maximum Gasteiger partial charge on any atom is 0.224 e. The van der Waals surface area contributed by atoms with Crippen LogP contribution in [0, 0.1) is 11.3 Å². The Hall–Kier alpha value is -2.65. The van der Waals surface area contributed by atoms with Gasteiger partial charge in [-0.1, -0.05) is 11.6 Å². The van der Waals surface area contributed by atoms with Gasteiger partial charge in [-0.3, -0.25) is 4.79 Å². The molecule has 0 spiro atoms. The highest BCUT2D eigenvalue weighted by Crippen LogP contribution is 2.39. The van der Waals surface area contributed by atoms with E-state index in [4.69, 9.17) is 11.6 Å². The first-order valence-electron chi connectivity index (χ1n) is 7.57. The summed E-state index contributed by atoms with van der Waals surface area (Å²) in [6.07, 6.45) is 3.74. The first-order valence-corrected chi connectivity index (χ1v) is 7.95. The minimum absolute atomic E-state index is 0.0156. The van der Waals surface area contributed by atoms with Crippen LogP contribution in [0.1, 0.15) is 37.4 Å². The van der Waals surface area contributed by atoms with Crippen LogP contribution in [-0.2, 0) is 4.79 Å². The maximum atomic E-state index is 12.0. The molecule has 2 aromatic rings. The molecule has 7 heteroatoms. The maximum absolute atomic E-state index is 12.0. The van der Waals surface area contributed by atoms with Crippen molar-refractivity contribution in [2.45, 2.75) is 32.4 Å². The van der Waals surface area contributed by atoms with Gasteiger partial charge in [-0.05, 0) is 37.1 Å². The largest absolute Gasteiger partial charge is 0.362 e. The summed E-state index contributed by atoms with van der Waals surface area (Å²) in [5.41, 5.74) is 2.28. The van der Waals surface area contributed by atoms with E-state index < -0.39 is 0 Å². The topological polar surface area (TPSA) is 81.9 Å². The molecule has 0 radical (unpaired) electrons. The average Bonchev–Trinajstić information content (AvgIpc) is 2.56. The molecule has 1 aliphatic rings. The number of fused-ring (bicyclic) bond motifs is 1. The van der Waals surface area contributed by atoms with Crippen molar-refractivity contribution in [2.24, 2.45) is 0 Å². The van der Waals surface area contributed by atoms with Gasteiger partial charge < -0.3 is 10.2 Å². The number of hydrogen-bond donors (Lipinski definition) is 1. The van der Waals surface area contributed by atoms with E-state index >= 15 is 0 Å². The molecule has 1 amide bonds. The van der Waals surface area contributed by atoms with Crippen molar-refractivity contribution < 1.29 is 4.79 Å². The number of amides is 1. The van der Waals surface area contributed by atoms with Crippen molar-refractivity contribution in [1.82, 2.24) is 9.97 Å². The van der Waals surface area contributed by atoms with Crippen LogP contribution in [-0.4, -0.2) is 21.9 Å². The average molecular weight is 342 g/mol. The van der Waals surface area contributed by atoms with Crippen LogP contribution in [0.3, 0.4) is 0 Å². The number of anilines is 2. The highest BCUT2D eigenvalue weighted by Gasteiger charge is 2.32. The number of aromatic nitrogens is 2. The summed E-state index contributed by atoms with van der Waals surface area (Å²) in [4.78, 5) is 22.0. The molecular weight excluding hydrogens is 326 g/mol. The highest BCUT2D eigenvalue weighted by atomic mass is 35.5. The van der Waals surface area contributed by atoms with Gasteiger partial charge in [0.05, 0.1) is 30.1 Å². The van der Waals surface area contributed by atoms with Crippen molar-refractivity contribution in [2.75, 3.05) is 10.2 Å². The van der Waals surface area contributed by atoms with Gasteiger partial charge in [-0.2, -0.15) is 5.26 Å². The van der Waals surface area contributed by atoms with Crippen molar-refractivity contribution in [3.05, 3.63) is 46.9 Å². The molecule has 0 aliphatic carbocycles. The van der Waals surface area contributed by atoms with Crippen LogP contribution >= 0.6 is 11.6 Å². The number of nitrogens with zero attached hydrogens (tertiary/aromatic N) is 4. The van der Waals surface area contributed by atoms with Crippen LogP contribution in [0.2, 0.25) is 5.15 Å². The van der Waals surface area contributed by atoms with Gasteiger partial charge in [0.15, 0.2) is 0 Å². The Kier molecular flexibility index (Phi) is 4.36. The van der Waals surface area contributed by atoms with Crippen LogP contribution in [0.5, 0.6) is 0 Å². The monoisotopic (exact) mass is 341 g/mol. The molecule has 2 heterocycles. The fourth-order valence-electron chi connectivity index (χ4n) is 3.12. The van der Waals surface area contributed by atoms with Crippen LogP contribution in [0.15, 0.2) is 30.6 Å². The predicted molar refractivity (Wildman–Crippen MR) is 91.8 cm³/mol. The van der Waals surface area contributed by atoms with Crippen LogP contribution in [0.4, 0.5) is 11.5 Å². The molecule has 3 rings (SSSR count). The summed E-state index contributed by atoms with van der Waals surface area (Å²) in [5, 5.41) is 12.8. The second-order valence-electron chi connectivity index (χ2n) is 5.78. The fraction of sp³-hybridized carbons (Fsp3) is 0.294. The molecule has 2 atom stereocenters. The number of rotatable bonds is 2. The van der Waals surface area contributed by atoms with Gasteiger partial charge in [-0.25, -0.2) is 9.97 Å². The van der Waals surface area contributed by atoms with Crippen LogP contribution < -0.4 is 10.2 Å². The number of halogens is 1. The van der Waals surface area contributed by atoms with Gasteiger partial charge in [0.1, 0.15) is 11.0 Å². The SMILES string of the molecule is CC(=O)N1c2ccc(C#N)cc2[C@H](Nc2cnc(Cl)cn2)C[C@@H]1C. The summed E-state index contributed by atoms with van der Waals surface area (Å²) in [6, 6.07) is 7.47. The minimum Gasteiger partial charge on any atom is -0.362 e. The van der Waals surface area contributed by atoms with E-state index in [-0.39, 0.29) is 18.0 Å². The third kappa shape index (κ3) is 3.03. The number of hydrogen-bond acceptors (Lipinski definition) is 5. The van der Waals surface area contributed by atoms with E-state index in [1.54, 1.807) is 24.1 Å². The molecular formula is C17H16ClN5O. The summed E-state index contributed by atoms with van der Waals surface area (Å²) in [7, 11) is 0. The third-order valence-corrected chi connectivity index (χ3v) is 4.29. The summed E-state index contributed by atoms with van der Waals surface area (Å²) < 4.78 is 0. The van der Waals surface area contributed by atoms with E-state index in [0.717, 1.165) is 11.3 Å². The number of carbonyl (C=O) groups excluding carboxylic acids is 1. The van der Waals surface area contributed by atoms with Crippen molar-refractivity contribution >= 4 is 29.0 Å². The van der Waals surface area contributed by atoms with Crippen molar-refractivity contribution in [3.8, 4) is 6.07 Å². The summed E-state index contributed by atoms with van der Waals surface area (Å²) in [6.45, 7) is 3.56. The lowest BCUT2D eigenvalue weighted by Gasteiger charge is -2.39. The quantitative estimate of drug-likeness (QED) is 0.906. The lowest BCUT2D eigenvalue weighted by Crippen LogP contribution is -2.43. The lowest BCUT2D eigenvalue weighted by molar-refractivity contribution is -0.117. The van der Waals surface area contributed by atoms with Crippen LogP contribution in [0.25, 0.3) is 0 Å². The lowest BCUT2D eigenvalue weighted by atomic mass is 9.90. The molecule has 1 aliphatic heterocycles. The second kappa shape index (κ2) is 6.46. The van der Waals surface area contributed by atoms with Gasteiger partial charge >= 0.3 is 0 Å². The highest BCUT2D eigenvalue weighted by molar-refractivity contribution is 6.29. The summed E-state index contributed by atoms with van der Waals surface area (Å²) >= 11 is 5.77. The second-order valence-corrected chi connectivity index (χ2v) is 6.17. The fourth-order valence-corrected chi connectivity index (χ4v) is 3.21. The molecule has 0 fully saturated rings. The zero-order chi connectivity index (χ0) is 17.3.